The molecule has 0 bridgehead atoms. The first-order valence-electron chi connectivity index (χ1n) is 9.07. The van der Waals surface area contributed by atoms with Crippen LogP contribution in [0.15, 0.2) is 68.9 Å². The van der Waals surface area contributed by atoms with Gasteiger partial charge in [-0.05, 0) is 24.1 Å². The summed E-state index contributed by atoms with van der Waals surface area (Å²) in [6.07, 6.45) is 0.640. The molecule has 11 heteroatoms. The largest absolute Gasteiger partial charge is 0.363 e. The van der Waals surface area contributed by atoms with Crippen LogP contribution in [0.4, 0.5) is 5.69 Å². The van der Waals surface area contributed by atoms with Crippen LogP contribution in [0.1, 0.15) is 5.56 Å². The Bertz CT molecular complexity index is 1180. The van der Waals surface area contributed by atoms with Crippen molar-refractivity contribution < 1.29 is 18.0 Å². The number of fused-ring (bicyclic) bond motifs is 3. The number of benzene rings is 2. The molecule has 2 aromatic carbocycles. The zero-order valence-corrected chi connectivity index (χ0v) is 16.5. The maximum atomic E-state index is 12.5. The van der Waals surface area contributed by atoms with E-state index < -0.39 is 15.9 Å². The fourth-order valence-electron chi connectivity index (χ4n) is 3.22. The summed E-state index contributed by atoms with van der Waals surface area (Å²) in [7, 11) is -3.98. The first kappa shape index (κ1) is 19.6. The number of para-hydroxylation sites is 1. The minimum atomic E-state index is -3.98. The number of nitrogens with zero attached hydrogens (tertiary/aromatic N) is 4. The smallest absolute Gasteiger partial charge is 0.287 e. The number of hydrogen-bond acceptors (Lipinski definition) is 7. The summed E-state index contributed by atoms with van der Waals surface area (Å²) < 4.78 is 28.5. The molecular weight excluding hydrogens is 408 g/mol. The van der Waals surface area contributed by atoms with Crippen LogP contribution in [0.5, 0.6) is 0 Å². The normalized spacial score (nSPS) is 16.3. The van der Waals surface area contributed by atoms with E-state index in [-0.39, 0.29) is 34.8 Å². The molecule has 3 N–H and O–H groups in total. The molecule has 0 radical (unpaired) electrons. The lowest BCUT2D eigenvalue weighted by molar-refractivity contribution is -0.121. The number of anilines is 1. The number of guanidine groups is 1. The summed E-state index contributed by atoms with van der Waals surface area (Å²) in [5.41, 5.74) is 6.72. The zero-order chi connectivity index (χ0) is 21.3. The van der Waals surface area contributed by atoms with Crippen molar-refractivity contribution in [1.82, 2.24) is 10.3 Å². The van der Waals surface area contributed by atoms with Gasteiger partial charge in [0.1, 0.15) is 11.4 Å². The molecule has 0 aromatic heterocycles. The Morgan fingerprint density at radius 1 is 1.03 bits per heavy atom. The van der Waals surface area contributed by atoms with Gasteiger partial charge in [-0.15, -0.1) is 4.40 Å². The average Bonchev–Trinajstić information content (AvgIpc) is 3.06. The number of hydrazine groups is 1. The van der Waals surface area contributed by atoms with E-state index in [0.29, 0.717) is 13.0 Å². The minimum absolute atomic E-state index is 0.0517. The highest BCUT2D eigenvalue weighted by atomic mass is 32.2. The lowest BCUT2D eigenvalue weighted by atomic mass is 10.1. The molecule has 0 unspecified atom stereocenters. The van der Waals surface area contributed by atoms with Crippen molar-refractivity contribution in [1.29, 1.82) is 0 Å². The van der Waals surface area contributed by atoms with Crippen molar-refractivity contribution in [2.45, 2.75) is 11.3 Å². The van der Waals surface area contributed by atoms with Gasteiger partial charge in [0.2, 0.25) is 11.7 Å². The fourth-order valence-corrected chi connectivity index (χ4v) is 4.32. The number of sulfonamides is 1. The molecule has 154 valence electrons. The van der Waals surface area contributed by atoms with Crippen molar-refractivity contribution >= 4 is 39.3 Å². The number of aliphatic imine (C=N–C) groups is 1. The van der Waals surface area contributed by atoms with Crippen molar-refractivity contribution in [2.75, 3.05) is 18.1 Å². The van der Waals surface area contributed by atoms with Crippen molar-refractivity contribution in [3.05, 3.63) is 60.2 Å². The van der Waals surface area contributed by atoms with Gasteiger partial charge in [-0.2, -0.15) is 13.4 Å². The summed E-state index contributed by atoms with van der Waals surface area (Å²) in [5, 5.41) is 5.32. The van der Waals surface area contributed by atoms with Gasteiger partial charge in [0.05, 0.1) is 5.69 Å². The number of rotatable bonds is 6. The molecule has 0 saturated heterocycles. The van der Waals surface area contributed by atoms with E-state index in [1.54, 1.807) is 18.2 Å². The topological polar surface area (TPSA) is 138 Å². The van der Waals surface area contributed by atoms with Gasteiger partial charge < -0.3 is 11.1 Å². The quantitative estimate of drug-likeness (QED) is 0.668. The monoisotopic (exact) mass is 426 g/mol. The van der Waals surface area contributed by atoms with Crippen molar-refractivity contribution in [3.63, 3.8) is 0 Å². The van der Waals surface area contributed by atoms with Gasteiger partial charge >= 0.3 is 0 Å². The standard InChI is InChI=1S/C19H18N6O4S/c20-17(27)18-22-19-23-30(28,29)15-9-5-4-8-14(15)25(19)24(18)12-16(26)21-11-10-13-6-2-1-3-7-13/h1-9H,10-12H2,(H2,20,27)(H,21,26). The molecule has 2 aliphatic heterocycles. The van der Waals surface area contributed by atoms with Crippen LogP contribution >= 0.6 is 0 Å². The number of primary amides is 1. The molecule has 0 fully saturated rings. The molecule has 0 spiro atoms. The predicted molar refractivity (Wildman–Crippen MR) is 110 cm³/mol. The molecule has 30 heavy (non-hydrogen) atoms. The number of carbonyl (C=O) groups is 2. The maximum Gasteiger partial charge on any atom is 0.287 e. The van der Waals surface area contributed by atoms with Crippen LogP contribution in [-0.2, 0) is 26.0 Å². The van der Waals surface area contributed by atoms with Crippen LogP contribution in [0.25, 0.3) is 0 Å². The Hall–Kier alpha value is -3.73. The SMILES string of the molecule is NC(=O)C1=NC2=NS(=O)(=O)c3ccccc3N2N1CC(=O)NCCc1ccccc1. The van der Waals surface area contributed by atoms with Crippen LogP contribution < -0.4 is 16.1 Å². The van der Waals surface area contributed by atoms with E-state index in [0.717, 1.165) is 5.56 Å². The number of amidine groups is 1. The van der Waals surface area contributed by atoms with E-state index in [9.17, 15) is 18.0 Å². The van der Waals surface area contributed by atoms with Crippen LogP contribution in [0, 0.1) is 0 Å². The molecule has 2 aromatic rings. The molecular formula is C19H18N6O4S. The molecule has 0 saturated carbocycles. The highest BCUT2D eigenvalue weighted by Crippen LogP contribution is 2.34. The lowest BCUT2D eigenvalue weighted by Gasteiger charge is -2.32. The number of nitrogens with two attached hydrogens (primary N) is 1. The van der Waals surface area contributed by atoms with E-state index in [1.165, 1.54) is 16.1 Å². The lowest BCUT2D eigenvalue weighted by Crippen LogP contribution is -2.52. The molecule has 2 heterocycles. The number of carbonyl (C=O) groups excluding carboxylic acids is 2. The highest BCUT2D eigenvalue weighted by molar-refractivity contribution is 7.90. The van der Waals surface area contributed by atoms with E-state index >= 15 is 0 Å². The summed E-state index contributed by atoms with van der Waals surface area (Å²) in [4.78, 5) is 28.3. The first-order valence-corrected chi connectivity index (χ1v) is 10.5. The van der Waals surface area contributed by atoms with Crippen LogP contribution in [0.2, 0.25) is 0 Å². The second-order valence-electron chi connectivity index (χ2n) is 6.59. The van der Waals surface area contributed by atoms with Crippen molar-refractivity contribution in [2.24, 2.45) is 15.1 Å². The predicted octanol–water partition coefficient (Wildman–Crippen LogP) is 0.0246. The molecule has 10 nitrogen and oxygen atoms in total. The fraction of sp³-hybridized carbons (Fsp3) is 0.158. The summed E-state index contributed by atoms with van der Waals surface area (Å²) >= 11 is 0. The molecule has 2 aliphatic rings. The zero-order valence-electron chi connectivity index (χ0n) is 15.7. The summed E-state index contributed by atoms with van der Waals surface area (Å²) in [5.74, 6) is -1.79. The summed E-state index contributed by atoms with van der Waals surface area (Å²) in [6.45, 7) is 0.107. The van der Waals surface area contributed by atoms with Crippen molar-refractivity contribution in [3.8, 4) is 0 Å². The third-order valence-electron chi connectivity index (χ3n) is 4.55. The van der Waals surface area contributed by atoms with Gasteiger partial charge in [-0.25, -0.2) is 10.0 Å². The number of amides is 2. The van der Waals surface area contributed by atoms with E-state index in [1.807, 2.05) is 30.3 Å². The number of nitrogens with one attached hydrogen (secondary N) is 1. The second kappa shape index (κ2) is 7.59. The first-order chi connectivity index (χ1) is 14.4. The minimum Gasteiger partial charge on any atom is -0.363 e. The Balaban J connectivity index is 1.55. The van der Waals surface area contributed by atoms with Gasteiger partial charge in [0, 0.05) is 6.54 Å². The molecule has 0 aliphatic carbocycles. The third kappa shape index (κ3) is 3.62. The number of hydrogen-bond donors (Lipinski definition) is 2. The van der Waals surface area contributed by atoms with E-state index in [2.05, 4.69) is 14.7 Å². The van der Waals surface area contributed by atoms with Crippen LogP contribution in [-0.4, -0.2) is 50.1 Å². The van der Waals surface area contributed by atoms with E-state index in [4.69, 9.17) is 5.73 Å². The Labute approximate surface area is 172 Å². The second-order valence-corrected chi connectivity index (χ2v) is 8.16. The summed E-state index contributed by atoms with van der Waals surface area (Å²) in [6, 6.07) is 15.8. The Kier molecular flexibility index (Phi) is 4.96. The molecule has 4 rings (SSSR count). The average molecular weight is 426 g/mol. The van der Waals surface area contributed by atoms with Gasteiger partial charge in [0.15, 0.2) is 0 Å². The third-order valence-corrected chi connectivity index (χ3v) is 5.85. The van der Waals surface area contributed by atoms with Gasteiger partial charge in [0.25, 0.3) is 21.9 Å². The maximum absolute atomic E-state index is 12.5. The Morgan fingerprint density at radius 2 is 1.73 bits per heavy atom. The van der Waals surface area contributed by atoms with Gasteiger partial charge in [-0.1, -0.05) is 42.5 Å². The molecule has 2 amide bonds. The Morgan fingerprint density at radius 3 is 2.47 bits per heavy atom. The van der Waals surface area contributed by atoms with Gasteiger partial charge in [-0.3, -0.25) is 9.59 Å². The molecule has 0 atom stereocenters. The highest BCUT2D eigenvalue weighted by Gasteiger charge is 2.42. The van der Waals surface area contributed by atoms with Crippen LogP contribution in [0.3, 0.4) is 0 Å².